The maximum absolute atomic E-state index is 3.67. The van der Waals surface area contributed by atoms with Crippen molar-refractivity contribution in [1.29, 1.82) is 0 Å². The van der Waals surface area contributed by atoms with Crippen LogP contribution >= 0.6 is 31.9 Å². The number of hydrogen-bond donors (Lipinski definition) is 0. The summed E-state index contributed by atoms with van der Waals surface area (Å²) in [5.74, 6) is 0. The Morgan fingerprint density at radius 3 is 2.25 bits per heavy atom. The maximum atomic E-state index is 3.67. The van der Waals surface area contributed by atoms with E-state index < -0.39 is 0 Å². The molecule has 0 N–H and O–H groups in total. The molecule has 0 atom stereocenters. The largest absolute Gasteiger partial charge is 0.105 e. The van der Waals surface area contributed by atoms with Crippen molar-refractivity contribution >= 4 is 31.9 Å². The second-order valence-electron chi connectivity index (χ2n) is 2.82. The molecule has 0 aliphatic heterocycles. The predicted octanol–water partition coefficient (Wildman–Crippen LogP) is 4.43. The Morgan fingerprint density at radius 1 is 1.17 bits per heavy atom. The lowest BCUT2D eigenvalue weighted by molar-refractivity contribution is 0.756. The number of benzene rings is 1. The lowest BCUT2D eigenvalue weighted by Gasteiger charge is -2.19. The average Bonchev–Trinajstić information content (AvgIpc) is 2.06. The fourth-order valence-corrected chi connectivity index (χ4v) is 2.46. The van der Waals surface area contributed by atoms with Crippen molar-refractivity contribution in [2.24, 2.45) is 0 Å². The topological polar surface area (TPSA) is 0 Å². The summed E-state index contributed by atoms with van der Waals surface area (Å²) in [6, 6.07) is 10.4. The van der Waals surface area contributed by atoms with Gasteiger partial charge in [0.05, 0.1) is 0 Å². The summed E-state index contributed by atoms with van der Waals surface area (Å²) in [7, 11) is 0. The normalized spacial score (nSPS) is 11.6. The minimum absolute atomic E-state index is 0.0317. The first kappa shape index (κ1) is 10.3. The Kier molecular flexibility index (Phi) is 3.78. The van der Waals surface area contributed by atoms with Gasteiger partial charge >= 0.3 is 0 Å². The highest BCUT2D eigenvalue weighted by molar-refractivity contribution is 9.24. The molecule has 2 heteroatoms. The molecule has 0 saturated carbocycles. The van der Waals surface area contributed by atoms with Crippen LogP contribution in [-0.4, -0.2) is 0 Å². The van der Waals surface area contributed by atoms with Gasteiger partial charge in [-0.05, 0) is 12.0 Å². The van der Waals surface area contributed by atoms with Crippen LogP contribution in [-0.2, 0) is 3.23 Å². The minimum Gasteiger partial charge on any atom is -0.0674 e. The van der Waals surface area contributed by atoms with Crippen LogP contribution < -0.4 is 0 Å². The summed E-state index contributed by atoms with van der Waals surface area (Å²) in [5.41, 5.74) is 1.28. The van der Waals surface area contributed by atoms with E-state index in [9.17, 15) is 0 Å². The van der Waals surface area contributed by atoms with Crippen molar-refractivity contribution in [1.82, 2.24) is 0 Å². The monoisotopic (exact) mass is 290 g/mol. The Labute approximate surface area is 90.6 Å². The molecule has 0 amide bonds. The molecule has 0 aromatic heterocycles. The van der Waals surface area contributed by atoms with E-state index in [1.807, 2.05) is 6.07 Å². The van der Waals surface area contributed by atoms with Crippen molar-refractivity contribution < 1.29 is 0 Å². The third-order valence-electron chi connectivity index (χ3n) is 1.76. The molecule has 0 spiro atoms. The number of rotatable bonds is 3. The van der Waals surface area contributed by atoms with Crippen LogP contribution in [0.2, 0.25) is 0 Å². The zero-order chi connectivity index (χ0) is 9.03. The van der Waals surface area contributed by atoms with Crippen LogP contribution in [0.15, 0.2) is 30.3 Å². The lowest BCUT2D eigenvalue weighted by Crippen LogP contribution is -2.07. The van der Waals surface area contributed by atoms with Gasteiger partial charge in [-0.25, -0.2) is 0 Å². The van der Waals surface area contributed by atoms with Crippen molar-refractivity contribution in [2.45, 2.75) is 23.0 Å². The highest BCUT2D eigenvalue weighted by atomic mass is 79.9. The molecular weight excluding hydrogens is 280 g/mol. The van der Waals surface area contributed by atoms with Crippen LogP contribution in [0, 0.1) is 0 Å². The first-order chi connectivity index (χ1) is 5.67. The van der Waals surface area contributed by atoms with E-state index in [0.29, 0.717) is 0 Å². The Morgan fingerprint density at radius 2 is 1.75 bits per heavy atom. The molecule has 0 saturated heterocycles. The van der Waals surface area contributed by atoms with E-state index in [-0.39, 0.29) is 3.23 Å². The van der Waals surface area contributed by atoms with E-state index >= 15 is 0 Å². The fraction of sp³-hybridized carbons (Fsp3) is 0.400. The van der Waals surface area contributed by atoms with Gasteiger partial charge in [-0.3, -0.25) is 0 Å². The summed E-state index contributed by atoms with van der Waals surface area (Å²) in [4.78, 5) is 0. The zero-order valence-electron chi connectivity index (χ0n) is 7.06. The quantitative estimate of drug-likeness (QED) is 0.723. The van der Waals surface area contributed by atoms with E-state index in [0.717, 1.165) is 12.8 Å². The highest BCUT2D eigenvalue weighted by Crippen LogP contribution is 2.41. The molecule has 0 nitrogen and oxygen atoms in total. The van der Waals surface area contributed by atoms with Crippen LogP contribution in [0.4, 0.5) is 0 Å². The molecule has 0 radical (unpaired) electrons. The van der Waals surface area contributed by atoms with Crippen molar-refractivity contribution in [2.75, 3.05) is 0 Å². The molecule has 1 aromatic rings. The summed E-state index contributed by atoms with van der Waals surface area (Å²) in [6.07, 6.45) is 2.25. The molecule has 0 bridgehead atoms. The van der Waals surface area contributed by atoms with Gasteiger partial charge in [-0.1, -0.05) is 75.5 Å². The Bertz CT molecular complexity index is 229. The van der Waals surface area contributed by atoms with Gasteiger partial charge in [-0.2, -0.15) is 0 Å². The molecule has 1 aromatic carbocycles. The zero-order valence-corrected chi connectivity index (χ0v) is 10.2. The summed E-state index contributed by atoms with van der Waals surface area (Å²) in [5, 5.41) is 0. The lowest BCUT2D eigenvalue weighted by atomic mass is 10.1. The van der Waals surface area contributed by atoms with Gasteiger partial charge in [0.2, 0.25) is 0 Å². The number of hydrogen-bond acceptors (Lipinski definition) is 0. The third kappa shape index (κ3) is 2.60. The highest BCUT2D eigenvalue weighted by Gasteiger charge is 2.23. The second kappa shape index (κ2) is 4.43. The molecule has 0 aliphatic carbocycles. The van der Waals surface area contributed by atoms with Crippen molar-refractivity contribution in [3.05, 3.63) is 35.9 Å². The summed E-state index contributed by atoms with van der Waals surface area (Å²) < 4.78 is -0.0317. The van der Waals surface area contributed by atoms with Crippen LogP contribution in [0.5, 0.6) is 0 Å². The van der Waals surface area contributed by atoms with Gasteiger partial charge in [0.15, 0.2) is 0 Å². The smallest absolute Gasteiger partial charge is 0.0674 e. The van der Waals surface area contributed by atoms with Crippen molar-refractivity contribution in [3.8, 4) is 0 Å². The maximum Gasteiger partial charge on any atom is 0.105 e. The molecule has 0 aliphatic rings. The Hall–Kier alpha value is 0.180. The van der Waals surface area contributed by atoms with Gasteiger partial charge in [-0.15, -0.1) is 0 Å². The standard InChI is InChI=1S/C10H12Br2/c1-2-8-10(11,12)9-6-4-3-5-7-9/h3-7H,2,8H2,1H3. The van der Waals surface area contributed by atoms with Gasteiger partial charge in [0, 0.05) is 0 Å². The average molecular weight is 292 g/mol. The van der Waals surface area contributed by atoms with E-state index in [2.05, 4.69) is 63.0 Å². The molecule has 12 heavy (non-hydrogen) atoms. The van der Waals surface area contributed by atoms with Crippen molar-refractivity contribution in [3.63, 3.8) is 0 Å². The third-order valence-corrected chi connectivity index (χ3v) is 3.47. The van der Waals surface area contributed by atoms with Crippen LogP contribution in [0.3, 0.4) is 0 Å². The Balaban J connectivity index is 2.82. The predicted molar refractivity (Wildman–Crippen MR) is 60.9 cm³/mol. The van der Waals surface area contributed by atoms with Crippen LogP contribution in [0.1, 0.15) is 25.3 Å². The van der Waals surface area contributed by atoms with Gasteiger partial charge in [0.25, 0.3) is 0 Å². The summed E-state index contributed by atoms with van der Waals surface area (Å²) >= 11 is 7.33. The van der Waals surface area contributed by atoms with E-state index in [4.69, 9.17) is 0 Å². The number of alkyl halides is 2. The first-order valence-electron chi connectivity index (χ1n) is 4.10. The van der Waals surface area contributed by atoms with E-state index in [1.165, 1.54) is 5.56 Å². The number of halogens is 2. The second-order valence-corrected chi connectivity index (χ2v) is 6.59. The molecule has 0 heterocycles. The first-order valence-corrected chi connectivity index (χ1v) is 5.69. The minimum atomic E-state index is -0.0317. The molecule has 0 unspecified atom stereocenters. The van der Waals surface area contributed by atoms with Gasteiger partial charge < -0.3 is 0 Å². The van der Waals surface area contributed by atoms with E-state index in [1.54, 1.807) is 0 Å². The molecular formula is C10H12Br2. The SMILES string of the molecule is CCCC(Br)(Br)c1ccccc1. The van der Waals surface area contributed by atoms with Gasteiger partial charge in [0.1, 0.15) is 3.23 Å². The fourth-order valence-electron chi connectivity index (χ4n) is 1.14. The molecule has 1 rings (SSSR count). The molecule has 66 valence electrons. The molecule has 0 fully saturated rings. The van der Waals surface area contributed by atoms with Crippen LogP contribution in [0.25, 0.3) is 0 Å². The summed E-state index contributed by atoms with van der Waals surface area (Å²) in [6.45, 7) is 2.18.